The van der Waals surface area contributed by atoms with Gasteiger partial charge in [-0.05, 0) is 6.42 Å². The number of hydrogen-bond acceptors (Lipinski definition) is 14. The largest absolute Gasteiger partial charge is 0.481 e. The van der Waals surface area contributed by atoms with Crippen LogP contribution >= 0.6 is 15.9 Å². The number of carbonyl (C=O) groups excluding carboxylic acids is 1. The minimum atomic E-state index is -0.983. The van der Waals surface area contributed by atoms with Gasteiger partial charge in [0.05, 0.1) is 158 Å². The normalized spacial score (nSPS) is 11.4. The van der Waals surface area contributed by atoms with E-state index in [2.05, 4.69) is 21.2 Å². The summed E-state index contributed by atoms with van der Waals surface area (Å²) in [5.74, 6) is -1.25. The summed E-state index contributed by atoms with van der Waals surface area (Å²) in [6.07, 6.45) is 0.476. The molecule has 0 aliphatic rings. The van der Waals surface area contributed by atoms with E-state index in [1.54, 1.807) is 0 Å². The Morgan fingerprint density at radius 1 is 0.396 bits per heavy atom. The first-order chi connectivity index (χ1) is 23.7. The van der Waals surface area contributed by atoms with E-state index < -0.39 is 5.97 Å². The Labute approximate surface area is 294 Å². The van der Waals surface area contributed by atoms with Crippen molar-refractivity contribution < 1.29 is 71.5 Å². The molecule has 16 nitrogen and oxygen atoms in total. The van der Waals surface area contributed by atoms with Crippen LogP contribution in [0.4, 0.5) is 0 Å². The third-order valence-electron chi connectivity index (χ3n) is 5.67. The average Bonchev–Trinajstić information content (AvgIpc) is 3.08. The lowest BCUT2D eigenvalue weighted by Crippen LogP contribution is -2.25. The zero-order chi connectivity index (χ0) is 34.9. The van der Waals surface area contributed by atoms with E-state index in [1.165, 1.54) is 0 Å². The van der Waals surface area contributed by atoms with Gasteiger partial charge in [-0.2, -0.15) is 0 Å². The first-order valence-electron chi connectivity index (χ1n) is 16.6. The average molecular weight is 767 g/mol. The summed E-state index contributed by atoms with van der Waals surface area (Å²) in [6.45, 7) is 12.6. The molecule has 0 heterocycles. The molecule has 0 aromatic heterocycles. The first-order valence-corrected chi connectivity index (χ1v) is 17.8. The van der Waals surface area contributed by atoms with Gasteiger partial charge in [-0.3, -0.25) is 9.59 Å². The second kappa shape index (κ2) is 42.1. The van der Waals surface area contributed by atoms with Crippen LogP contribution in [0, 0.1) is 0 Å². The maximum absolute atomic E-state index is 11.4. The van der Waals surface area contributed by atoms with E-state index in [1.807, 2.05) is 0 Å². The number of hydrogen-bond donors (Lipinski definition) is 2. The fourth-order valence-electron chi connectivity index (χ4n) is 3.29. The molecule has 48 heavy (non-hydrogen) atoms. The number of carboxylic acids is 1. The predicted molar refractivity (Wildman–Crippen MR) is 178 cm³/mol. The first kappa shape index (κ1) is 46.9. The highest BCUT2D eigenvalue weighted by Crippen LogP contribution is 1.90. The molecule has 0 atom stereocenters. The van der Waals surface area contributed by atoms with Crippen LogP contribution < -0.4 is 5.32 Å². The lowest BCUT2D eigenvalue weighted by Gasteiger charge is -2.09. The number of alkyl halides is 1. The SMILES string of the molecule is O=C(O)CCC(=O)NCCCOCCOCCOCCOCCOCCOCCOCCOCCOCCOCCOCCOCCBr. The Balaban J connectivity index is 3.08. The fraction of sp³-hybridized carbons (Fsp3) is 0.935. The summed E-state index contributed by atoms with van der Waals surface area (Å²) < 4.78 is 65.1. The topological polar surface area (TPSA) is 177 Å². The summed E-state index contributed by atoms with van der Waals surface area (Å²) >= 11 is 3.30. The smallest absolute Gasteiger partial charge is 0.303 e. The molecule has 0 spiro atoms. The number of carboxylic acid groups (broad SMARTS) is 1. The predicted octanol–water partition coefficient (Wildman–Crippen LogP) is 0.952. The van der Waals surface area contributed by atoms with Gasteiger partial charge in [0, 0.05) is 24.9 Å². The molecule has 0 aliphatic heterocycles. The van der Waals surface area contributed by atoms with Crippen molar-refractivity contribution in [3.8, 4) is 0 Å². The summed E-state index contributed by atoms with van der Waals surface area (Å²) in [5, 5.41) is 12.0. The van der Waals surface area contributed by atoms with Crippen LogP contribution in [-0.2, 0) is 66.4 Å². The minimum Gasteiger partial charge on any atom is -0.481 e. The highest BCUT2D eigenvalue weighted by molar-refractivity contribution is 9.09. The van der Waals surface area contributed by atoms with Gasteiger partial charge in [-0.25, -0.2) is 0 Å². The highest BCUT2D eigenvalue weighted by atomic mass is 79.9. The van der Waals surface area contributed by atoms with E-state index >= 15 is 0 Å². The summed E-state index contributed by atoms with van der Waals surface area (Å²) in [7, 11) is 0. The monoisotopic (exact) mass is 765 g/mol. The van der Waals surface area contributed by atoms with Crippen LogP contribution in [0.5, 0.6) is 0 Å². The Kier molecular flexibility index (Phi) is 41.2. The molecule has 0 aromatic rings. The van der Waals surface area contributed by atoms with Gasteiger partial charge in [0.15, 0.2) is 0 Å². The number of nitrogens with one attached hydrogen (secondary N) is 1. The van der Waals surface area contributed by atoms with Gasteiger partial charge in [0.1, 0.15) is 0 Å². The molecule has 286 valence electrons. The van der Waals surface area contributed by atoms with Crippen molar-refractivity contribution in [2.45, 2.75) is 19.3 Å². The molecule has 0 rings (SSSR count). The lowest BCUT2D eigenvalue weighted by atomic mass is 10.3. The van der Waals surface area contributed by atoms with Gasteiger partial charge in [0.25, 0.3) is 0 Å². The van der Waals surface area contributed by atoms with Crippen molar-refractivity contribution in [2.24, 2.45) is 0 Å². The third kappa shape index (κ3) is 43.0. The van der Waals surface area contributed by atoms with E-state index in [0.29, 0.717) is 172 Å². The van der Waals surface area contributed by atoms with Crippen LogP contribution in [0.3, 0.4) is 0 Å². The van der Waals surface area contributed by atoms with Crippen LogP contribution in [0.1, 0.15) is 19.3 Å². The molecular weight excluding hydrogens is 706 g/mol. The lowest BCUT2D eigenvalue weighted by molar-refractivity contribution is -0.138. The number of aliphatic carboxylic acids is 1. The van der Waals surface area contributed by atoms with Crippen molar-refractivity contribution in [1.82, 2.24) is 5.32 Å². The molecule has 0 saturated heterocycles. The van der Waals surface area contributed by atoms with Crippen molar-refractivity contribution in [3.05, 3.63) is 0 Å². The molecule has 0 bridgehead atoms. The van der Waals surface area contributed by atoms with Crippen molar-refractivity contribution >= 4 is 27.8 Å². The van der Waals surface area contributed by atoms with Crippen molar-refractivity contribution in [3.63, 3.8) is 0 Å². The van der Waals surface area contributed by atoms with Gasteiger partial charge in [-0.1, -0.05) is 15.9 Å². The van der Waals surface area contributed by atoms with Crippen LogP contribution in [0.15, 0.2) is 0 Å². The quantitative estimate of drug-likeness (QED) is 0.0663. The number of carbonyl (C=O) groups is 2. The standard InChI is InChI=1S/C31H60BrNO15/c32-4-7-38-9-11-40-13-15-42-17-19-44-21-23-46-25-27-48-29-28-47-26-24-45-22-20-43-18-16-41-14-12-39-10-8-37-6-1-5-33-30(34)2-3-31(35)36/h1-29H2,(H,33,34)(H,35,36). The Bertz CT molecular complexity index is 669. The highest BCUT2D eigenvalue weighted by Gasteiger charge is 2.04. The Morgan fingerprint density at radius 3 is 0.896 bits per heavy atom. The summed E-state index contributed by atoms with van der Waals surface area (Å²) in [5.41, 5.74) is 0. The maximum Gasteiger partial charge on any atom is 0.303 e. The number of ether oxygens (including phenoxy) is 12. The van der Waals surface area contributed by atoms with Gasteiger partial charge < -0.3 is 67.3 Å². The van der Waals surface area contributed by atoms with E-state index in [9.17, 15) is 9.59 Å². The summed E-state index contributed by atoms with van der Waals surface area (Å²) in [4.78, 5) is 21.8. The molecular formula is C31H60BrNO15. The molecule has 2 N–H and O–H groups in total. The Hall–Kier alpha value is -1.06. The minimum absolute atomic E-state index is 0.0105. The molecule has 17 heteroatoms. The van der Waals surface area contributed by atoms with Gasteiger partial charge >= 0.3 is 5.97 Å². The maximum atomic E-state index is 11.4. The van der Waals surface area contributed by atoms with E-state index in [4.69, 9.17) is 61.9 Å². The van der Waals surface area contributed by atoms with Crippen molar-refractivity contribution in [2.75, 3.05) is 170 Å². The van der Waals surface area contributed by atoms with Crippen molar-refractivity contribution in [1.29, 1.82) is 0 Å². The van der Waals surface area contributed by atoms with E-state index in [0.717, 1.165) is 5.33 Å². The zero-order valence-electron chi connectivity index (χ0n) is 28.5. The zero-order valence-corrected chi connectivity index (χ0v) is 30.1. The van der Waals surface area contributed by atoms with Gasteiger partial charge in [-0.15, -0.1) is 0 Å². The Morgan fingerprint density at radius 2 is 0.646 bits per heavy atom. The molecule has 0 aromatic carbocycles. The molecule has 1 amide bonds. The van der Waals surface area contributed by atoms with Gasteiger partial charge in [0.2, 0.25) is 5.91 Å². The second-order valence-corrected chi connectivity index (χ2v) is 10.4. The third-order valence-corrected chi connectivity index (χ3v) is 5.99. The second-order valence-electron chi connectivity index (χ2n) is 9.63. The molecule has 0 saturated carbocycles. The van der Waals surface area contributed by atoms with Crippen LogP contribution in [0.2, 0.25) is 0 Å². The molecule has 0 fully saturated rings. The number of amides is 1. The molecule has 0 aliphatic carbocycles. The van der Waals surface area contributed by atoms with Crippen LogP contribution in [-0.4, -0.2) is 187 Å². The molecule has 0 radical (unpaired) electrons. The number of rotatable bonds is 42. The van der Waals surface area contributed by atoms with Crippen LogP contribution in [0.25, 0.3) is 0 Å². The summed E-state index contributed by atoms with van der Waals surface area (Å²) in [6, 6.07) is 0. The fourth-order valence-corrected chi connectivity index (χ4v) is 3.52. The number of halogens is 1. The van der Waals surface area contributed by atoms with E-state index in [-0.39, 0.29) is 18.7 Å². The molecule has 0 unspecified atom stereocenters.